The Labute approximate surface area is 198 Å². The fourth-order valence-electron chi connectivity index (χ4n) is 3.92. The zero-order chi connectivity index (χ0) is 23.7. The van der Waals surface area contributed by atoms with Gasteiger partial charge in [-0.3, -0.25) is 9.69 Å². The topological polar surface area (TPSA) is 107 Å². The number of amides is 3. The Morgan fingerprint density at radius 2 is 1.59 bits per heavy atom. The van der Waals surface area contributed by atoms with Gasteiger partial charge in [-0.15, -0.1) is 11.3 Å². The number of urea groups is 1. The zero-order valence-electron chi connectivity index (χ0n) is 18.3. The van der Waals surface area contributed by atoms with E-state index in [0.717, 1.165) is 9.78 Å². The van der Waals surface area contributed by atoms with Crippen molar-refractivity contribution in [3.05, 3.63) is 83.1 Å². The van der Waals surface area contributed by atoms with Gasteiger partial charge < -0.3 is 19.3 Å². The number of thiophene rings is 1. The third kappa shape index (κ3) is 3.57. The standard InChI is InChI=1S/C24H20N4O5S/c1-31-17-9-5-15(6-10-17)24(16-7-11-18(32-2)12-8-16)22(29)28(23(30)26-24)14-20-25-21(27-33-20)19-4-3-13-34-19/h3-13H,14H2,1-2H3,(H,26,30). The van der Waals surface area contributed by atoms with E-state index in [1.165, 1.54) is 11.3 Å². The Bertz CT molecular complexity index is 1270. The molecule has 34 heavy (non-hydrogen) atoms. The molecule has 2 aromatic carbocycles. The number of hydrogen-bond donors (Lipinski definition) is 1. The van der Waals surface area contributed by atoms with Gasteiger partial charge in [-0.1, -0.05) is 35.5 Å². The highest BCUT2D eigenvalue weighted by Crippen LogP contribution is 2.38. The normalized spacial score (nSPS) is 14.8. The minimum atomic E-state index is -1.44. The second kappa shape index (κ2) is 8.64. The van der Waals surface area contributed by atoms with Crippen LogP contribution < -0.4 is 14.8 Å². The summed E-state index contributed by atoms with van der Waals surface area (Å²) in [6.45, 7) is -0.156. The van der Waals surface area contributed by atoms with Gasteiger partial charge in [0.15, 0.2) is 5.54 Å². The van der Waals surface area contributed by atoms with E-state index in [1.807, 2.05) is 17.5 Å². The van der Waals surface area contributed by atoms with Gasteiger partial charge in [0.05, 0.1) is 19.1 Å². The van der Waals surface area contributed by atoms with Crippen LogP contribution in [0.1, 0.15) is 17.0 Å². The van der Waals surface area contributed by atoms with Crippen LogP contribution in [-0.4, -0.2) is 41.2 Å². The maximum Gasteiger partial charge on any atom is 0.326 e. The highest BCUT2D eigenvalue weighted by Gasteiger charge is 2.54. The van der Waals surface area contributed by atoms with Crippen LogP contribution in [0.15, 0.2) is 70.6 Å². The number of carbonyl (C=O) groups excluding carboxylic acids is 2. The van der Waals surface area contributed by atoms with Crippen LogP contribution in [-0.2, 0) is 16.9 Å². The van der Waals surface area contributed by atoms with Gasteiger partial charge in [0.2, 0.25) is 11.7 Å². The van der Waals surface area contributed by atoms with E-state index in [2.05, 4.69) is 15.5 Å². The number of methoxy groups -OCH3 is 2. The molecule has 1 fully saturated rings. The minimum absolute atomic E-state index is 0.156. The summed E-state index contributed by atoms with van der Waals surface area (Å²) < 4.78 is 15.8. The number of hydrogen-bond acceptors (Lipinski definition) is 8. The Hall–Kier alpha value is -4.18. The number of benzene rings is 2. The predicted octanol–water partition coefficient (Wildman–Crippen LogP) is 3.81. The monoisotopic (exact) mass is 476 g/mol. The number of carbonyl (C=O) groups is 2. The molecule has 10 heteroatoms. The highest BCUT2D eigenvalue weighted by atomic mass is 32.1. The third-order valence-electron chi connectivity index (χ3n) is 5.65. The van der Waals surface area contributed by atoms with Crippen LogP contribution in [0.2, 0.25) is 0 Å². The molecule has 0 radical (unpaired) electrons. The number of rotatable bonds is 7. The van der Waals surface area contributed by atoms with Crippen molar-refractivity contribution in [2.75, 3.05) is 14.2 Å². The van der Waals surface area contributed by atoms with Gasteiger partial charge in [0.1, 0.15) is 18.0 Å². The second-order valence-electron chi connectivity index (χ2n) is 7.52. The molecule has 9 nitrogen and oxygen atoms in total. The zero-order valence-corrected chi connectivity index (χ0v) is 19.2. The first-order valence-corrected chi connectivity index (χ1v) is 11.2. The van der Waals surface area contributed by atoms with Crippen molar-refractivity contribution in [2.45, 2.75) is 12.1 Å². The summed E-state index contributed by atoms with van der Waals surface area (Å²) in [5.41, 5.74) is -0.264. The number of ether oxygens (including phenoxy) is 2. The molecule has 0 atom stereocenters. The Morgan fingerprint density at radius 1 is 0.971 bits per heavy atom. The molecular formula is C24H20N4O5S. The van der Waals surface area contributed by atoms with Crippen LogP contribution in [0, 0.1) is 0 Å². The summed E-state index contributed by atoms with van der Waals surface area (Å²) >= 11 is 1.47. The number of nitrogens with one attached hydrogen (secondary N) is 1. The lowest BCUT2D eigenvalue weighted by Crippen LogP contribution is -2.45. The second-order valence-corrected chi connectivity index (χ2v) is 8.47. The van der Waals surface area contributed by atoms with E-state index in [-0.39, 0.29) is 12.4 Å². The van der Waals surface area contributed by atoms with E-state index in [1.54, 1.807) is 62.8 Å². The molecule has 4 aromatic rings. The molecule has 0 spiro atoms. The minimum Gasteiger partial charge on any atom is -0.497 e. The molecule has 1 N–H and O–H groups in total. The van der Waals surface area contributed by atoms with Crippen molar-refractivity contribution in [2.24, 2.45) is 0 Å². The SMILES string of the molecule is COc1ccc(C2(c3ccc(OC)cc3)NC(=O)N(Cc3nc(-c4cccs4)no3)C2=O)cc1. The summed E-state index contributed by atoms with van der Waals surface area (Å²) in [5.74, 6) is 1.38. The number of imide groups is 1. The molecule has 0 bridgehead atoms. The van der Waals surface area contributed by atoms with E-state index in [4.69, 9.17) is 14.0 Å². The van der Waals surface area contributed by atoms with Crippen LogP contribution in [0.5, 0.6) is 11.5 Å². The molecule has 3 amide bonds. The summed E-state index contributed by atoms with van der Waals surface area (Å²) in [4.78, 5) is 33.2. The van der Waals surface area contributed by atoms with Crippen LogP contribution >= 0.6 is 11.3 Å². The van der Waals surface area contributed by atoms with E-state index in [9.17, 15) is 9.59 Å². The fourth-order valence-corrected chi connectivity index (χ4v) is 4.57. The Balaban J connectivity index is 1.52. The Morgan fingerprint density at radius 3 is 2.12 bits per heavy atom. The fraction of sp³-hybridized carbons (Fsp3) is 0.167. The maximum atomic E-state index is 13.9. The van der Waals surface area contributed by atoms with Crippen molar-refractivity contribution >= 4 is 23.3 Å². The van der Waals surface area contributed by atoms with Crippen molar-refractivity contribution in [3.8, 4) is 22.2 Å². The lowest BCUT2D eigenvalue weighted by Gasteiger charge is -2.28. The molecular weight excluding hydrogens is 456 g/mol. The van der Waals surface area contributed by atoms with Crippen LogP contribution in [0.25, 0.3) is 10.7 Å². The first-order valence-electron chi connectivity index (χ1n) is 10.3. The lowest BCUT2D eigenvalue weighted by atomic mass is 9.82. The summed E-state index contributed by atoms with van der Waals surface area (Å²) in [5, 5.41) is 8.77. The van der Waals surface area contributed by atoms with Gasteiger partial charge in [0.25, 0.3) is 5.91 Å². The molecule has 0 aliphatic carbocycles. The Kier molecular flexibility index (Phi) is 5.50. The van der Waals surface area contributed by atoms with Crippen molar-refractivity contribution in [3.63, 3.8) is 0 Å². The van der Waals surface area contributed by atoms with E-state index >= 15 is 0 Å². The largest absolute Gasteiger partial charge is 0.497 e. The van der Waals surface area contributed by atoms with Crippen LogP contribution in [0.3, 0.4) is 0 Å². The van der Waals surface area contributed by atoms with E-state index < -0.39 is 17.5 Å². The van der Waals surface area contributed by atoms with Crippen LogP contribution in [0.4, 0.5) is 4.79 Å². The van der Waals surface area contributed by atoms with Crippen molar-refractivity contribution in [1.29, 1.82) is 0 Å². The molecule has 0 saturated carbocycles. The van der Waals surface area contributed by atoms with Crippen molar-refractivity contribution in [1.82, 2.24) is 20.4 Å². The molecule has 1 saturated heterocycles. The maximum absolute atomic E-state index is 13.9. The predicted molar refractivity (Wildman–Crippen MR) is 123 cm³/mol. The summed E-state index contributed by atoms with van der Waals surface area (Å²) in [6.07, 6.45) is 0. The van der Waals surface area contributed by atoms with Crippen molar-refractivity contribution < 1.29 is 23.6 Å². The first kappa shape index (κ1) is 21.7. The molecule has 0 unspecified atom stereocenters. The molecule has 1 aliphatic rings. The molecule has 2 aromatic heterocycles. The number of aromatic nitrogens is 2. The molecule has 1 aliphatic heterocycles. The van der Waals surface area contributed by atoms with Gasteiger partial charge in [-0.25, -0.2) is 4.79 Å². The van der Waals surface area contributed by atoms with Gasteiger partial charge >= 0.3 is 6.03 Å². The van der Waals surface area contributed by atoms with E-state index in [0.29, 0.717) is 28.5 Å². The summed E-state index contributed by atoms with van der Waals surface area (Å²) in [7, 11) is 3.13. The van der Waals surface area contributed by atoms with Gasteiger partial charge in [0, 0.05) is 0 Å². The third-order valence-corrected chi connectivity index (χ3v) is 6.52. The molecule has 5 rings (SSSR count). The highest BCUT2D eigenvalue weighted by molar-refractivity contribution is 7.13. The van der Waals surface area contributed by atoms with Gasteiger partial charge in [-0.2, -0.15) is 4.98 Å². The molecule has 172 valence electrons. The quantitative estimate of drug-likeness (QED) is 0.404. The lowest BCUT2D eigenvalue weighted by molar-refractivity contribution is -0.130. The van der Waals surface area contributed by atoms with Gasteiger partial charge in [-0.05, 0) is 46.8 Å². The first-order chi connectivity index (χ1) is 16.5. The number of nitrogens with zero attached hydrogens (tertiary/aromatic N) is 3. The molecule has 3 heterocycles. The average molecular weight is 477 g/mol. The average Bonchev–Trinajstić information content (AvgIpc) is 3.62. The smallest absolute Gasteiger partial charge is 0.326 e. The summed E-state index contributed by atoms with van der Waals surface area (Å²) in [6, 6.07) is 17.2.